The summed E-state index contributed by atoms with van der Waals surface area (Å²) < 4.78 is 5.71. The van der Waals surface area contributed by atoms with Gasteiger partial charge in [-0.2, -0.15) is 0 Å². The highest BCUT2D eigenvalue weighted by atomic mass is 35.5. The topological polar surface area (TPSA) is 29.5 Å². The Morgan fingerprint density at radius 2 is 2.11 bits per heavy atom. The molecule has 0 spiro atoms. The molecule has 2 aliphatic heterocycles. The van der Waals surface area contributed by atoms with E-state index in [2.05, 4.69) is 4.90 Å². The first kappa shape index (κ1) is 12.2. The molecule has 2 aliphatic rings. The van der Waals surface area contributed by atoms with Gasteiger partial charge in [0.25, 0.3) is 0 Å². The molecule has 1 aromatic carbocycles. The van der Waals surface area contributed by atoms with E-state index in [0.29, 0.717) is 23.2 Å². The number of hydrogen-bond acceptors (Lipinski definition) is 3. The molecule has 3 nitrogen and oxygen atoms in total. The molecule has 0 aliphatic carbocycles. The number of benzene rings is 1. The van der Waals surface area contributed by atoms with Crippen molar-refractivity contribution in [1.29, 1.82) is 0 Å². The van der Waals surface area contributed by atoms with E-state index in [-0.39, 0.29) is 11.9 Å². The van der Waals surface area contributed by atoms with E-state index < -0.39 is 0 Å². The van der Waals surface area contributed by atoms with Crippen LogP contribution >= 0.6 is 11.6 Å². The first-order valence-electron chi connectivity index (χ1n) is 6.39. The van der Waals surface area contributed by atoms with E-state index in [1.165, 1.54) is 12.8 Å². The zero-order chi connectivity index (χ0) is 12.5. The molecule has 96 valence electrons. The van der Waals surface area contributed by atoms with Crippen LogP contribution in [-0.4, -0.2) is 42.5 Å². The number of carbonyl (C=O) groups excluding carboxylic acids is 1. The van der Waals surface area contributed by atoms with Gasteiger partial charge in [-0.25, -0.2) is 0 Å². The predicted molar refractivity (Wildman–Crippen MR) is 70.1 cm³/mol. The molecular weight excluding hydrogens is 250 g/mol. The van der Waals surface area contributed by atoms with Crippen LogP contribution in [0.25, 0.3) is 0 Å². The number of carbonyl (C=O) groups is 1. The number of morpholine rings is 1. The second kappa shape index (κ2) is 5.00. The molecule has 0 bridgehead atoms. The van der Waals surface area contributed by atoms with Crippen molar-refractivity contribution in [1.82, 2.24) is 4.90 Å². The number of hydrogen-bond donors (Lipinski definition) is 0. The lowest BCUT2D eigenvalue weighted by Gasteiger charge is -2.34. The summed E-state index contributed by atoms with van der Waals surface area (Å²) in [5.41, 5.74) is 0.682. The standard InChI is InChI=1S/C14H16ClNO2/c15-11-5-3-10(4-6-11)14(17)13-8-16-7-1-2-12(16)9-18-13/h3-6,12-13H,1-2,7-9H2. The van der Waals surface area contributed by atoms with Crippen LogP contribution in [0.2, 0.25) is 5.02 Å². The SMILES string of the molecule is O=C(c1ccc(Cl)cc1)C1CN2CCCC2CO1. The van der Waals surface area contributed by atoms with Crippen molar-refractivity contribution in [3.63, 3.8) is 0 Å². The second-order valence-electron chi connectivity index (χ2n) is 4.98. The Labute approximate surface area is 112 Å². The molecule has 0 amide bonds. The van der Waals surface area contributed by atoms with Crippen molar-refractivity contribution in [3.05, 3.63) is 34.9 Å². The molecular formula is C14H16ClNO2. The fourth-order valence-corrected chi connectivity index (χ4v) is 2.90. The van der Waals surface area contributed by atoms with Crippen LogP contribution in [0.5, 0.6) is 0 Å². The van der Waals surface area contributed by atoms with Gasteiger partial charge in [0.2, 0.25) is 0 Å². The highest BCUT2D eigenvalue weighted by molar-refractivity contribution is 6.30. The average molecular weight is 266 g/mol. The van der Waals surface area contributed by atoms with Crippen LogP contribution in [0.3, 0.4) is 0 Å². The largest absolute Gasteiger partial charge is 0.367 e. The number of fused-ring (bicyclic) bond motifs is 1. The summed E-state index contributed by atoms with van der Waals surface area (Å²) in [4.78, 5) is 14.7. The molecule has 0 N–H and O–H groups in total. The van der Waals surface area contributed by atoms with Crippen molar-refractivity contribution >= 4 is 17.4 Å². The molecule has 18 heavy (non-hydrogen) atoms. The molecule has 2 atom stereocenters. The second-order valence-corrected chi connectivity index (χ2v) is 5.42. The molecule has 2 heterocycles. The molecule has 0 radical (unpaired) electrons. The van der Waals surface area contributed by atoms with Crippen LogP contribution in [-0.2, 0) is 4.74 Å². The van der Waals surface area contributed by atoms with E-state index in [1.54, 1.807) is 24.3 Å². The van der Waals surface area contributed by atoms with E-state index in [9.17, 15) is 4.79 Å². The summed E-state index contributed by atoms with van der Waals surface area (Å²) in [5.74, 6) is 0.0667. The zero-order valence-corrected chi connectivity index (χ0v) is 10.9. The Bertz CT molecular complexity index is 446. The first-order chi connectivity index (χ1) is 8.74. The van der Waals surface area contributed by atoms with E-state index in [1.807, 2.05) is 0 Å². The van der Waals surface area contributed by atoms with Gasteiger partial charge in [0, 0.05) is 23.2 Å². The third-order valence-corrected chi connectivity index (χ3v) is 4.06. The minimum absolute atomic E-state index is 0.0667. The van der Waals surface area contributed by atoms with Gasteiger partial charge in [0.1, 0.15) is 6.10 Å². The van der Waals surface area contributed by atoms with Crippen LogP contribution in [0.4, 0.5) is 0 Å². The van der Waals surface area contributed by atoms with Gasteiger partial charge in [0.15, 0.2) is 5.78 Å². The number of ketones is 1. The van der Waals surface area contributed by atoms with Crippen molar-refractivity contribution in [2.45, 2.75) is 25.0 Å². The summed E-state index contributed by atoms with van der Waals surface area (Å²) in [6.45, 7) is 2.51. The highest BCUT2D eigenvalue weighted by Gasteiger charge is 2.35. The minimum atomic E-state index is -0.319. The van der Waals surface area contributed by atoms with Gasteiger partial charge in [-0.3, -0.25) is 9.69 Å². The van der Waals surface area contributed by atoms with Gasteiger partial charge in [-0.15, -0.1) is 0 Å². The summed E-state index contributed by atoms with van der Waals surface area (Å²) in [6, 6.07) is 7.56. The predicted octanol–water partition coefficient (Wildman–Crippen LogP) is 2.39. The van der Waals surface area contributed by atoms with Gasteiger partial charge >= 0.3 is 0 Å². The molecule has 1 aromatic rings. The fourth-order valence-electron chi connectivity index (χ4n) is 2.78. The molecule has 2 saturated heterocycles. The van der Waals surface area contributed by atoms with Crippen LogP contribution in [0.15, 0.2) is 24.3 Å². The Hall–Kier alpha value is -0.900. The molecule has 3 rings (SSSR count). The monoisotopic (exact) mass is 265 g/mol. The number of nitrogens with zero attached hydrogens (tertiary/aromatic N) is 1. The third-order valence-electron chi connectivity index (χ3n) is 3.81. The Balaban J connectivity index is 1.71. The molecule has 0 aromatic heterocycles. The van der Waals surface area contributed by atoms with Crippen molar-refractivity contribution in [2.24, 2.45) is 0 Å². The van der Waals surface area contributed by atoms with Gasteiger partial charge in [-0.05, 0) is 43.7 Å². The highest BCUT2D eigenvalue weighted by Crippen LogP contribution is 2.24. The van der Waals surface area contributed by atoms with E-state index in [0.717, 1.165) is 13.1 Å². The van der Waals surface area contributed by atoms with E-state index in [4.69, 9.17) is 16.3 Å². The fraction of sp³-hybridized carbons (Fsp3) is 0.500. The summed E-state index contributed by atoms with van der Waals surface area (Å²) in [7, 11) is 0. The minimum Gasteiger partial charge on any atom is -0.367 e. The third kappa shape index (κ3) is 2.30. The lowest BCUT2D eigenvalue weighted by Crippen LogP contribution is -2.49. The average Bonchev–Trinajstić information content (AvgIpc) is 2.86. The quantitative estimate of drug-likeness (QED) is 0.769. The maximum atomic E-state index is 12.3. The van der Waals surface area contributed by atoms with Crippen LogP contribution < -0.4 is 0 Å². The van der Waals surface area contributed by atoms with Crippen molar-refractivity contribution in [3.8, 4) is 0 Å². The summed E-state index contributed by atoms with van der Waals surface area (Å²) >= 11 is 5.82. The molecule has 2 unspecified atom stereocenters. The lowest BCUT2D eigenvalue weighted by molar-refractivity contribution is -0.0344. The molecule has 4 heteroatoms. The first-order valence-corrected chi connectivity index (χ1v) is 6.77. The van der Waals surface area contributed by atoms with Gasteiger partial charge in [0.05, 0.1) is 6.61 Å². The smallest absolute Gasteiger partial charge is 0.192 e. The number of ether oxygens (including phenoxy) is 1. The number of halogens is 1. The Morgan fingerprint density at radius 1 is 1.33 bits per heavy atom. The maximum Gasteiger partial charge on any atom is 0.192 e. The van der Waals surface area contributed by atoms with Gasteiger partial charge in [-0.1, -0.05) is 11.6 Å². The van der Waals surface area contributed by atoms with Gasteiger partial charge < -0.3 is 4.74 Å². The number of rotatable bonds is 2. The summed E-state index contributed by atoms with van der Waals surface area (Å²) in [6.07, 6.45) is 2.10. The lowest BCUT2D eigenvalue weighted by atomic mass is 10.0. The van der Waals surface area contributed by atoms with Crippen LogP contribution in [0, 0.1) is 0 Å². The van der Waals surface area contributed by atoms with Crippen LogP contribution in [0.1, 0.15) is 23.2 Å². The normalized spacial score (nSPS) is 28.1. The van der Waals surface area contributed by atoms with Crippen molar-refractivity contribution in [2.75, 3.05) is 19.7 Å². The zero-order valence-electron chi connectivity index (χ0n) is 10.1. The summed E-state index contributed by atoms with van der Waals surface area (Å²) in [5, 5.41) is 0.649. The molecule has 2 fully saturated rings. The maximum absolute atomic E-state index is 12.3. The molecule has 0 saturated carbocycles. The number of Topliss-reactive ketones (excluding diaryl/α,β-unsaturated/α-hetero) is 1. The Morgan fingerprint density at radius 3 is 2.89 bits per heavy atom. The van der Waals surface area contributed by atoms with E-state index >= 15 is 0 Å². The van der Waals surface area contributed by atoms with Crippen molar-refractivity contribution < 1.29 is 9.53 Å². The Kier molecular flexibility index (Phi) is 3.37.